The Balaban J connectivity index is 1.51. The van der Waals surface area contributed by atoms with Crippen LogP contribution >= 0.6 is 0 Å². The van der Waals surface area contributed by atoms with Gasteiger partial charge in [-0.25, -0.2) is 4.98 Å². The first kappa shape index (κ1) is 12.2. The van der Waals surface area contributed by atoms with Crippen molar-refractivity contribution in [1.82, 2.24) is 14.9 Å². The van der Waals surface area contributed by atoms with Gasteiger partial charge in [0.15, 0.2) is 0 Å². The van der Waals surface area contributed by atoms with Gasteiger partial charge >= 0.3 is 0 Å². The van der Waals surface area contributed by atoms with Crippen molar-refractivity contribution in [3.05, 3.63) is 18.2 Å². The van der Waals surface area contributed by atoms with E-state index in [4.69, 9.17) is 0 Å². The van der Waals surface area contributed by atoms with Crippen LogP contribution in [0.4, 0.5) is 0 Å². The largest absolute Gasteiger partial charge is 0.333 e. The van der Waals surface area contributed by atoms with Crippen LogP contribution in [0.1, 0.15) is 63.1 Å². The summed E-state index contributed by atoms with van der Waals surface area (Å²) in [5, 5.41) is 3.57. The van der Waals surface area contributed by atoms with Crippen LogP contribution in [0, 0.1) is 5.92 Å². The lowest BCUT2D eigenvalue weighted by molar-refractivity contribution is 0.449. The van der Waals surface area contributed by atoms with Gasteiger partial charge in [0.1, 0.15) is 0 Å². The molecule has 3 heteroatoms. The molecule has 0 radical (unpaired) electrons. The quantitative estimate of drug-likeness (QED) is 0.865. The summed E-state index contributed by atoms with van der Waals surface area (Å²) in [6, 6.07) is 0.555. The van der Waals surface area contributed by atoms with Crippen LogP contribution in [0.2, 0.25) is 0 Å². The van der Waals surface area contributed by atoms with E-state index >= 15 is 0 Å². The number of nitrogens with one attached hydrogen (secondary N) is 1. The van der Waals surface area contributed by atoms with Crippen molar-refractivity contribution in [1.29, 1.82) is 0 Å². The fraction of sp³-hybridized carbons (Fsp3) is 0.800. The lowest BCUT2D eigenvalue weighted by atomic mass is 10.0. The maximum Gasteiger partial charge on any atom is 0.0948 e. The molecule has 1 saturated heterocycles. The molecule has 1 N–H and O–H groups in total. The highest BCUT2D eigenvalue weighted by Crippen LogP contribution is 2.29. The summed E-state index contributed by atoms with van der Waals surface area (Å²) in [6.45, 7) is 2.32. The van der Waals surface area contributed by atoms with Gasteiger partial charge in [-0.1, -0.05) is 25.7 Å². The Labute approximate surface area is 110 Å². The Bertz CT molecular complexity index is 360. The van der Waals surface area contributed by atoms with Crippen molar-refractivity contribution in [2.24, 2.45) is 5.92 Å². The van der Waals surface area contributed by atoms with Crippen LogP contribution in [0.15, 0.2) is 12.5 Å². The van der Waals surface area contributed by atoms with Crippen LogP contribution in [-0.4, -0.2) is 16.1 Å². The SMILES string of the molecule is c1ncn(CCCC2CCCC2)c1C1CCCN1. The predicted molar refractivity (Wildman–Crippen MR) is 73.4 cm³/mol. The van der Waals surface area contributed by atoms with Crippen LogP contribution < -0.4 is 5.32 Å². The normalized spacial score (nSPS) is 25.0. The highest BCUT2D eigenvalue weighted by molar-refractivity contribution is 5.07. The van der Waals surface area contributed by atoms with E-state index in [0.29, 0.717) is 6.04 Å². The Morgan fingerprint density at radius 3 is 2.89 bits per heavy atom. The molecule has 0 spiro atoms. The standard InChI is InChI=1S/C15H25N3/c1-2-6-13(5-1)7-4-10-18-12-16-11-15(18)14-8-3-9-17-14/h11-14,17H,1-10H2. The summed E-state index contributed by atoms with van der Waals surface area (Å²) in [4.78, 5) is 4.34. The number of aryl methyl sites for hydroxylation is 1. The number of nitrogens with zero attached hydrogens (tertiary/aromatic N) is 2. The molecule has 3 rings (SSSR count). The minimum atomic E-state index is 0.555. The second-order valence-electron chi connectivity index (χ2n) is 5.95. The summed E-state index contributed by atoms with van der Waals surface area (Å²) in [7, 11) is 0. The van der Waals surface area contributed by atoms with E-state index in [-0.39, 0.29) is 0 Å². The highest BCUT2D eigenvalue weighted by Gasteiger charge is 2.20. The molecular formula is C15H25N3. The molecule has 1 atom stereocenters. The van der Waals surface area contributed by atoms with Crippen molar-refractivity contribution >= 4 is 0 Å². The number of hydrogen-bond donors (Lipinski definition) is 1. The zero-order chi connectivity index (χ0) is 12.2. The second-order valence-corrected chi connectivity index (χ2v) is 5.95. The van der Waals surface area contributed by atoms with E-state index in [1.165, 1.54) is 57.1 Å². The zero-order valence-electron chi connectivity index (χ0n) is 11.3. The molecule has 1 aromatic rings. The summed E-state index contributed by atoms with van der Waals surface area (Å²) in [5.41, 5.74) is 1.40. The average Bonchev–Trinajstić information content (AvgIpc) is 3.12. The molecular weight excluding hydrogens is 222 g/mol. The van der Waals surface area contributed by atoms with E-state index in [1.807, 2.05) is 6.33 Å². The summed E-state index contributed by atoms with van der Waals surface area (Å²) < 4.78 is 2.37. The van der Waals surface area contributed by atoms with Crippen molar-refractivity contribution < 1.29 is 0 Å². The number of hydrogen-bond acceptors (Lipinski definition) is 2. The maximum absolute atomic E-state index is 4.34. The van der Waals surface area contributed by atoms with E-state index in [2.05, 4.69) is 21.1 Å². The molecule has 1 aliphatic heterocycles. The maximum atomic E-state index is 4.34. The minimum Gasteiger partial charge on any atom is -0.333 e. The van der Waals surface area contributed by atoms with Gasteiger partial charge in [0.05, 0.1) is 12.0 Å². The van der Waals surface area contributed by atoms with Crippen LogP contribution in [0.5, 0.6) is 0 Å². The van der Waals surface area contributed by atoms with Gasteiger partial charge in [0.2, 0.25) is 0 Å². The predicted octanol–water partition coefficient (Wildman–Crippen LogP) is 3.28. The Kier molecular flexibility index (Phi) is 3.99. The molecule has 100 valence electrons. The van der Waals surface area contributed by atoms with Gasteiger partial charge in [-0.2, -0.15) is 0 Å². The van der Waals surface area contributed by atoms with Crippen molar-refractivity contribution in [2.75, 3.05) is 6.54 Å². The molecule has 1 saturated carbocycles. The Hall–Kier alpha value is -0.830. The van der Waals surface area contributed by atoms with Gasteiger partial charge in [0.25, 0.3) is 0 Å². The van der Waals surface area contributed by atoms with E-state index in [0.717, 1.165) is 19.0 Å². The van der Waals surface area contributed by atoms with E-state index < -0.39 is 0 Å². The van der Waals surface area contributed by atoms with E-state index in [1.54, 1.807) is 0 Å². The number of imidazole rings is 1. The fourth-order valence-electron chi connectivity index (χ4n) is 3.59. The monoisotopic (exact) mass is 247 g/mol. The second kappa shape index (κ2) is 5.87. The highest BCUT2D eigenvalue weighted by atomic mass is 15.1. The molecule has 0 aromatic carbocycles. The molecule has 0 bridgehead atoms. The van der Waals surface area contributed by atoms with Crippen molar-refractivity contribution in [2.45, 2.75) is 64.0 Å². The van der Waals surface area contributed by atoms with Gasteiger partial charge in [0, 0.05) is 18.8 Å². The van der Waals surface area contributed by atoms with Gasteiger partial charge in [-0.3, -0.25) is 0 Å². The first-order valence-electron chi connectivity index (χ1n) is 7.67. The molecule has 2 aliphatic rings. The van der Waals surface area contributed by atoms with Crippen LogP contribution in [0.25, 0.3) is 0 Å². The van der Waals surface area contributed by atoms with Gasteiger partial charge < -0.3 is 9.88 Å². The smallest absolute Gasteiger partial charge is 0.0948 e. The molecule has 2 fully saturated rings. The fourth-order valence-corrected chi connectivity index (χ4v) is 3.59. The summed E-state index contributed by atoms with van der Waals surface area (Å²) in [5.74, 6) is 1.02. The zero-order valence-corrected chi connectivity index (χ0v) is 11.3. The lowest BCUT2D eigenvalue weighted by Crippen LogP contribution is -2.17. The molecule has 3 nitrogen and oxygen atoms in total. The third kappa shape index (κ3) is 2.77. The molecule has 1 aromatic heterocycles. The third-order valence-electron chi connectivity index (χ3n) is 4.65. The van der Waals surface area contributed by atoms with Crippen molar-refractivity contribution in [3.8, 4) is 0 Å². The number of rotatable bonds is 5. The van der Waals surface area contributed by atoms with E-state index in [9.17, 15) is 0 Å². The van der Waals surface area contributed by atoms with Crippen LogP contribution in [0.3, 0.4) is 0 Å². The van der Waals surface area contributed by atoms with Gasteiger partial charge in [-0.05, 0) is 38.1 Å². The summed E-state index contributed by atoms with van der Waals surface area (Å²) in [6.07, 6.45) is 15.3. The first-order valence-corrected chi connectivity index (χ1v) is 7.67. The molecule has 1 unspecified atom stereocenters. The first-order chi connectivity index (χ1) is 8.93. The summed E-state index contributed by atoms with van der Waals surface area (Å²) >= 11 is 0. The average molecular weight is 247 g/mol. The van der Waals surface area contributed by atoms with Gasteiger partial charge in [-0.15, -0.1) is 0 Å². The molecule has 2 heterocycles. The topological polar surface area (TPSA) is 29.9 Å². The number of aromatic nitrogens is 2. The molecule has 1 aliphatic carbocycles. The Morgan fingerprint density at radius 2 is 2.11 bits per heavy atom. The third-order valence-corrected chi connectivity index (χ3v) is 4.65. The Morgan fingerprint density at radius 1 is 1.22 bits per heavy atom. The van der Waals surface area contributed by atoms with Crippen molar-refractivity contribution in [3.63, 3.8) is 0 Å². The molecule has 18 heavy (non-hydrogen) atoms. The minimum absolute atomic E-state index is 0.555. The molecule has 0 amide bonds. The lowest BCUT2D eigenvalue weighted by Gasteiger charge is -2.15. The van der Waals surface area contributed by atoms with Crippen LogP contribution in [-0.2, 0) is 6.54 Å².